The summed E-state index contributed by atoms with van der Waals surface area (Å²) in [5, 5.41) is 9.04. The van der Waals surface area contributed by atoms with Crippen molar-refractivity contribution in [1.29, 1.82) is 0 Å². The third-order valence-electron chi connectivity index (χ3n) is 2.52. The van der Waals surface area contributed by atoms with Crippen molar-refractivity contribution in [2.75, 3.05) is 6.61 Å². The van der Waals surface area contributed by atoms with Gasteiger partial charge in [0.2, 0.25) is 0 Å². The molecular weight excluding hydrogens is 256 g/mol. The molecule has 1 aromatic carbocycles. The molecule has 4 nitrogen and oxygen atoms in total. The highest BCUT2D eigenvalue weighted by Crippen LogP contribution is 2.06. The number of unbranched alkanes of at least 4 members (excludes halogenated alkanes) is 1. The average molecular weight is 274 g/mol. The van der Waals surface area contributed by atoms with E-state index in [1.165, 1.54) is 6.08 Å². The molecular formula is C16H18O4. The van der Waals surface area contributed by atoms with Gasteiger partial charge in [-0.2, -0.15) is 0 Å². The number of hydrogen-bond acceptors (Lipinski definition) is 3. The van der Waals surface area contributed by atoms with Crippen LogP contribution in [0.25, 0.3) is 6.08 Å². The molecule has 106 valence electrons. The molecule has 0 amide bonds. The first kappa shape index (κ1) is 15.7. The number of aliphatic carboxylic acids is 1. The predicted molar refractivity (Wildman–Crippen MR) is 77.1 cm³/mol. The highest BCUT2D eigenvalue weighted by Gasteiger charge is 2.07. The third-order valence-corrected chi connectivity index (χ3v) is 2.52. The quantitative estimate of drug-likeness (QED) is 0.359. The standard InChI is InChI=1S/C16H18O4/c1-2-3-11-20-15(17)12-14(16(18)19)10-9-13-7-5-4-6-8-13/h4-10,12H,2-3,11H2,1H3,(H,18,19)/b10-9?,14-12-. The first-order valence-corrected chi connectivity index (χ1v) is 6.48. The van der Waals surface area contributed by atoms with E-state index in [-0.39, 0.29) is 5.57 Å². The minimum atomic E-state index is -1.16. The zero-order valence-corrected chi connectivity index (χ0v) is 11.4. The van der Waals surface area contributed by atoms with Gasteiger partial charge in [-0.05, 0) is 18.1 Å². The van der Waals surface area contributed by atoms with Crippen LogP contribution in [0.15, 0.2) is 48.1 Å². The molecule has 0 atom stereocenters. The van der Waals surface area contributed by atoms with E-state index in [0.29, 0.717) is 6.61 Å². The van der Waals surface area contributed by atoms with Crippen LogP contribution in [0, 0.1) is 0 Å². The predicted octanol–water partition coefficient (Wildman–Crippen LogP) is 3.05. The molecule has 0 saturated heterocycles. The molecule has 0 radical (unpaired) electrons. The van der Waals surface area contributed by atoms with Gasteiger partial charge in [0.25, 0.3) is 0 Å². The molecule has 1 N–H and O–H groups in total. The number of carbonyl (C=O) groups is 2. The lowest BCUT2D eigenvalue weighted by molar-refractivity contribution is -0.139. The maximum absolute atomic E-state index is 11.4. The summed E-state index contributed by atoms with van der Waals surface area (Å²) in [4.78, 5) is 22.5. The van der Waals surface area contributed by atoms with E-state index in [1.54, 1.807) is 6.08 Å². The Morgan fingerprint density at radius 1 is 1.25 bits per heavy atom. The van der Waals surface area contributed by atoms with Crippen molar-refractivity contribution < 1.29 is 19.4 Å². The number of carboxylic acids is 1. The van der Waals surface area contributed by atoms with Gasteiger partial charge in [-0.3, -0.25) is 0 Å². The maximum atomic E-state index is 11.4. The lowest BCUT2D eigenvalue weighted by Gasteiger charge is -2.00. The minimum absolute atomic E-state index is 0.102. The van der Waals surface area contributed by atoms with Crippen molar-refractivity contribution in [3.8, 4) is 0 Å². The van der Waals surface area contributed by atoms with E-state index >= 15 is 0 Å². The number of benzene rings is 1. The fourth-order valence-electron chi connectivity index (χ4n) is 1.42. The normalized spacial score (nSPS) is 11.6. The average Bonchev–Trinajstić information content (AvgIpc) is 2.44. The Morgan fingerprint density at radius 3 is 2.55 bits per heavy atom. The van der Waals surface area contributed by atoms with Crippen LogP contribution in [0.3, 0.4) is 0 Å². The zero-order chi connectivity index (χ0) is 14.8. The van der Waals surface area contributed by atoms with Crippen LogP contribution in [0.4, 0.5) is 0 Å². The molecule has 0 saturated carbocycles. The number of ether oxygens (including phenoxy) is 1. The zero-order valence-electron chi connectivity index (χ0n) is 11.4. The van der Waals surface area contributed by atoms with Crippen LogP contribution >= 0.6 is 0 Å². The van der Waals surface area contributed by atoms with E-state index in [0.717, 1.165) is 24.5 Å². The number of rotatable bonds is 7. The van der Waals surface area contributed by atoms with Crippen molar-refractivity contribution in [1.82, 2.24) is 0 Å². The largest absolute Gasteiger partial charge is 0.478 e. The van der Waals surface area contributed by atoms with Gasteiger partial charge >= 0.3 is 11.9 Å². The van der Waals surface area contributed by atoms with Crippen molar-refractivity contribution in [3.05, 3.63) is 53.6 Å². The van der Waals surface area contributed by atoms with Crippen LogP contribution in [0.2, 0.25) is 0 Å². The molecule has 0 aromatic heterocycles. The molecule has 0 heterocycles. The molecule has 0 aliphatic carbocycles. The highest BCUT2D eigenvalue weighted by molar-refractivity contribution is 5.98. The summed E-state index contributed by atoms with van der Waals surface area (Å²) in [6, 6.07) is 9.26. The van der Waals surface area contributed by atoms with Gasteiger partial charge in [-0.1, -0.05) is 49.8 Å². The summed E-state index contributed by atoms with van der Waals surface area (Å²) in [5.41, 5.74) is 0.759. The molecule has 0 aliphatic rings. The van der Waals surface area contributed by atoms with Gasteiger partial charge in [0, 0.05) is 6.08 Å². The lowest BCUT2D eigenvalue weighted by atomic mass is 10.1. The molecule has 20 heavy (non-hydrogen) atoms. The molecule has 0 fully saturated rings. The van der Waals surface area contributed by atoms with Gasteiger partial charge in [0.1, 0.15) is 0 Å². The summed E-state index contributed by atoms with van der Waals surface area (Å²) < 4.78 is 4.90. The summed E-state index contributed by atoms with van der Waals surface area (Å²) in [5.74, 6) is -1.79. The highest BCUT2D eigenvalue weighted by atomic mass is 16.5. The number of esters is 1. The Balaban J connectivity index is 2.71. The Kier molecular flexibility index (Phi) is 6.82. The summed E-state index contributed by atoms with van der Waals surface area (Å²) >= 11 is 0. The lowest BCUT2D eigenvalue weighted by Crippen LogP contribution is -2.06. The maximum Gasteiger partial charge on any atom is 0.335 e. The second-order valence-electron chi connectivity index (χ2n) is 4.17. The van der Waals surface area contributed by atoms with Gasteiger partial charge in [-0.15, -0.1) is 0 Å². The number of carbonyl (C=O) groups excluding carboxylic acids is 1. The number of hydrogen-bond donors (Lipinski definition) is 1. The summed E-state index contributed by atoms with van der Waals surface area (Å²) in [7, 11) is 0. The van der Waals surface area contributed by atoms with Gasteiger partial charge in [0.15, 0.2) is 0 Å². The van der Waals surface area contributed by atoms with Crippen molar-refractivity contribution in [3.63, 3.8) is 0 Å². The molecule has 1 rings (SSSR count). The monoisotopic (exact) mass is 274 g/mol. The van der Waals surface area contributed by atoms with E-state index in [2.05, 4.69) is 0 Å². The van der Waals surface area contributed by atoms with Crippen LogP contribution in [-0.2, 0) is 14.3 Å². The Morgan fingerprint density at radius 2 is 1.95 bits per heavy atom. The van der Waals surface area contributed by atoms with Gasteiger partial charge in [0.05, 0.1) is 12.2 Å². The summed E-state index contributed by atoms with van der Waals surface area (Å²) in [6.45, 7) is 2.29. The molecule has 0 aliphatic heterocycles. The van der Waals surface area contributed by atoms with Crippen LogP contribution in [0.1, 0.15) is 25.3 Å². The van der Waals surface area contributed by atoms with Crippen molar-refractivity contribution >= 4 is 18.0 Å². The van der Waals surface area contributed by atoms with Gasteiger partial charge < -0.3 is 9.84 Å². The van der Waals surface area contributed by atoms with Crippen molar-refractivity contribution in [2.45, 2.75) is 19.8 Å². The van der Waals surface area contributed by atoms with Crippen LogP contribution in [-0.4, -0.2) is 23.7 Å². The first-order valence-electron chi connectivity index (χ1n) is 6.48. The van der Waals surface area contributed by atoms with Crippen molar-refractivity contribution in [2.24, 2.45) is 0 Å². The Labute approximate surface area is 118 Å². The molecule has 0 spiro atoms. The smallest absolute Gasteiger partial charge is 0.335 e. The topological polar surface area (TPSA) is 63.6 Å². The Hall–Kier alpha value is -2.36. The molecule has 1 aromatic rings. The second kappa shape index (κ2) is 8.69. The van der Waals surface area contributed by atoms with E-state index < -0.39 is 11.9 Å². The minimum Gasteiger partial charge on any atom is -0.478 e. The van der Waals surface area contributed by atoms with E-state index in [9.17, 15) is 9.59 Å². The van der Waals surface area contributed by atoms with E-state index in [4.69, 9.17) is 9.84 Å². The molecule has 0 bridgehead atoms. The second-order valence-corrected chi connectivity index (χ2v) is 4.17. The van der Waals surface area contributed by atoms with Crippen LogP contribution in [0.5, 0.6) is 0 Å². The van der Waals surface area contributed by atoms with Crippen LogP contribution < -0.4 is 0 Å². The third kappa shape index (κ3) is 6.00. The summed E-state index contributed by atoms with van der Waals surface area (Å²) in [6.07, 6.45) is 5.70. The fourth-order valence-corrected chi connectivity index (χ4v) is 1.42. The van der Waals surface area contributed by atoms with E-state index in [1.807, 2.05) is 37.3 Å². The SMILES string of the molecule is CCCCOC(=O)/C=C(/C=Cc1ccccc1)C(=O)O. The fraction of sp³-hybridized carbons (Fsp3) is 0.250. The molecule has 0 unspecified atom stereocenters. The molecule has 4 heteroatoms. The van der Waals surface area contributed by atoms with Gasteiger partial charge in [-0.25, -0.2) is 9.59 Å². The number of carboxylic acid groups (broad SMARTS) is 1. The first-order chi connectivity index (χ1) is 9.63. The Bertz CT molecular complexity index is 500.